The highest BCUT2D eigenvalue weighted by atomic mass is 79.9. The Balaban J connectivity index is 2.88. The molecule has 0 unspecified atom stereocenters. The summed E-state index contributed by atoms with van der Waals surface area (Å²) in [5, 5.41) is 16.2. The van der Waals surface area contributed by atoms with Crippen LogP contribution in [0.5, 0.6) is 0 Å². The molecule has 0 N–H and O–H groups in total. The maximum atomic E-state index is 10.8. The summed E-state index contributed by atoms with van der Waals surface area (Å²) in [6, 6.07) is 4.98. The van der Waals surface area contributed by atoms with E-state index in [-0.39, 0.29) is 10.6 Å². The van der Waals surface area contributed by atoms with Gasteiger partial charge in [0, 0.05) is 18.4 Å². The number of halogens is 1. The Bertz CT molecular complexity index is 535. The van der Waals surface area contributed by atoms with E-state index in [0.717, 1.165) is 5.52 Å². The molecule has 6 heteroatoms. The minimum Gasteiger partial charge on any atom is -0.267 e. The van der Waals surface area contributed by atoms with E-state index in [1.54, 1.807) is 17.8 Å². The molecule has 0 atom stereocenters. The molecule has 1 aromatic heterocycles. The van der Waals surface area contributed by atoms with Crippen LogP contribution in [0.2, 0.25) is 0 Å². The van der Waals surface area contributed by atoms with E-state index in [2.05, 4.69) is 21.0 Å². The fourth-order valence-corrected chi connectivity index (χ4v) is 2.02. The van der Waals surface area contributed by atoms with Gasteiger partial charge in [0.05, 0.1) is 16.1 Å². The number of nitro benzene ring substituents is 1. The van der Waals surface area contributed by atoms with Crippen molar-refractivity contribution in [1.82, 2.24) is 9.78 Å². The molecule has 78 valence electrons. The minimum absolute atomic E-state index is 0.107. The van der Waals surface area contributed by atoms with Crippen LogP contribution < -0.4 is 0 Å². The number of rotatable bonds is 2. The number of nitrogens with zero attached hydrogens (tertiary/aromatic N) is 3. The van der Waals surface area contributed by atoms with E-state index in [1.807, 2.05) is 6.07 Å². The lowest BCUT2D eigenvalue weighted by Gasteiger charge is -1.95. The number of aromatic nitrogens is 2. The highest BCUT2D eigenvalue weighted by molar-refractivity contribution is 9.08. The molecule has 0 bridgehead atoms. The summed E-state index contributed by atoms with van der Waals surface area (Å²) in [5.74, 6) is 0. The van der Waals surface area contributed by atoms with Crippen LogP contribution in [0.25, 0.3) is 10.9 Å². The van der Waals surface area contributed by atoms with Gasteiger partial charge < -0.3 is 0 Å². The zero-order valence-corrected chi connectivity index (χ0v) is 9.56. The molecule has 0 radical (unpaired) electrons. The van der Waals surface area contributed by atoms with Gasteiger partial charge in [-0.1, -0.05) is 22.0 Å². The SMILES string of the molecule is Cn1nc(CBr)c2c([N+](=O)[O-])cccc21. The second kappa shape index (κ2) is 3.62. The second-order valence-corrected chi connectivity index (χ2v) is 3.69. The van der Waals surface area contributed by atoms with Crippen LogP contribution in [-0.2, 0) is 12.4 Å². The van der Waals surface area contributed by atoms with Crippen molar-refractivity contribution >= 4 is 32.5 Å². The quantitative estimate of drug-likeness (QED) is 0.478. The van der Waals surface area contributed by atoms with Crippen LogP contribution in [0.4, 0.5) is 5.69 Å². The Hall–Kier alpha value is -1.43. The smallest absolute Gasteiger partial charge is 0.267 e. The van der Waals surface area contributed by atoms with Crippen LogP contribution in [0.1, 0.15) is 5.69 Å². The van der Waals surface area contributed by atoms with Crippen molar-refractivity contribution in [3.63, 3.8) is 0 Å². The zero-order valence-electron chi connectivity index (χ0n) is 7.98. The van der Waals surface area contributed by atoms with Crippen LogP contribution in [0.15, 0.2) is 18.2 Å². The van der Waals surface area contributed by atoms with E-state index >= 15 is 0 Å². The molecule has 2 aromatic rings. The van der Waals surface area contributed by atoms with Gasteiger partial charge in [-0.15, -0.1) is 0 Å². The molecule has 0 aliphatic heterocycles. The van der Waals surface area contributed by atoms with Crippen molar-refractivity contribution in [1.29, 1.82) is 0 Å². The molecule has 0 amide bonds. The molecule has 2 rings (SSSR count). The number of alkyl halides is 1. The average Bonchev–Trinajstić information content (AvgIpc) is 2.55. The molecule has 0 saturated heterocycles. The Morgan fingerprint density at radius 1 is 1.60 bits per heavy atom. The molecule has 5 nitrogen and oxygen atoms in total. The molecule has 0 saturated carbocycles. The first-order valence-corrected chi connectivity index (χ1v) is 5.42. The molecule has 0 aliphatic rings. The molecule has 0 fully saturated rings. The topological polar surface area (TPSA) is 61.0 Å². The van der Waals surface area contributed by atoms with Gasteiger partial charge in [0.2, 0.25) is 0 Å². The number of non-ortho nitro benzene ring substituents is 1. The predicted octanol–water partition coefficient (Wildman–Crippen LogP) is 2.38. The number of hydrogen-bond acceptors (Lipinski definition) is 3. The molecular weight excluding hydrogens is 262 g/mol. The summed E-state index contributed by atoms with van der Waals surface area (Å²) >= 11 is 3.28. The van der Waals surface area contributed by atoms with Gasteiger partial charge in [0.25, 0.3) is 5.69 Å². The van der Waals surface area contributed by atoms with E-state index in [1.165, 1.54) is 6.07 Å². The van der Waals surface area contributed by atoms with E-state index in [9.17, 15) is 10.1 Å². The van der Waals surface area contributed by atoms with Gasteiger partial charge in [-0.2, -0.15) is 5.10 Å². The zero-order chi connectivity index (χ0) is 11.0. The molecule has 15 heavy (non-hydrogen) atoms. The minimum atomic E-state index is -0.379. The van der Waals surface area contributed by atoms with Gasteiger partial charge in [-0.05, 0) is 6.07 Å². The highest BCUT2D eigenvalue weighted by Crippen LogP contribution is 2.29. The molecule has 1 heterocycles. The molecule has 0 aliphatic carbocycles. The lowest BCUT2D eigenvalue weighted by molar-refractivity contribution is -0.383. The number of benzene rings is 1. The molecule has 1 aromatic carbocycles. The van der Waals surface area contributed by atoms with Gasteiger partial charge >= 0.3 is 0 Å². The van der Waals surface area contributed by atoms with Crippen LogP contribution in [0.3, 0.4) is 0 Å². The summed E-state index contributed by atoms with van der Waals surface area (Å²) in [4.78, 5) is 10.5. The Morgan fingerprint density at radius 2 is 2.33 bits per heavy atom. The van der Waals surface area contributed by atoms with Crippen molar-refractivity contribution in [3.8, 4) is 0 Å². The van der Waals surface area contributed by atoms with Gasteiger partial charge in [-0.3, -0.25) is 14.8 Å². The normalized spacial score (nSPS) is 10.8. The number of nitro groups is 1. The standard InChI is InChI=1S/C9H8BrN3O2/c1-12-7-3-2-4-8(13(14)15)9(7)6(5-10)11-12/h2-4H,5H2,1H3. The number of hydrogen-bond donors (Lipinski definition) is 0. The average molecular weight is 270 g/mol. The predicted molar refractivity (Wildman–Crippen MR) is 60.0 cm³/mol. The number of fused-ring (bicyclic) bond motifs is 1. The summed E-state index contributed by atoms with van der Waals surface area (Å²) in [7, 11) is 1.78. The second-order valence-electron chi connectivity index (χ2n) is 3.13. The Labute approximate surface area is 94.0 Å². The fourth-order valence-electron chi connectivity index (χ4n) is 1.62. The first-order chi connectivity index (χ1) is 7.15. The summed E-state index contributed by atoms with van der Waals surface area (Å²) in [5.41, 5.74) is 1.58. The molecule has 0 spiro atoms. The first-order valence-electron chi connectivity index (χ1n) is 4.30. The van der Waals surface area contributed by atoms with Gasteiger partial charge in [-0.25, -0.2) is 0 Å². The van der Waals surface area contributed by atoms with Crippen molar-refractivity contribution in [2.24, 2.45) is 7.05 Å². The van der Waals surface area contributed by atoms with Gasteiger partial charge in [0.1, 0.15) is 5.39 Å². The third kappa shape index (κ3) is 1.50. The third-order valence-electron chi connectivity index (χ3n) is 2.25. The van der Waals surface area contributed by atoms with Crippen molar-refractivity contribution in [2.75, 3.05) is 0 Å². The van der Waals surface area contributed by atoms with Crippen molar-refractivity contribution in [2.45, 2.75) is 5.33 Å². The first kappa shape index (κ1) is 10.1. The lowest BCUT2D eigenvalue weighted by Crippen LogP contribution is -1.90. The van der Waals surface area contributed by atoms with Gasteiger partial charge in [0.15, 0.2) is 0 Å². The Morgan fingerprint density at radius 3 is 2.93 bits per heavy atom. The van der Waals surface area contributed by atoms with Crippen molar-refractivity contribution in [3.05, 3.63) is 34.0 Å². The largest absolute Gasteiger partial charge is 0.280 e. The van der Waals surface area contributed by atoms with Crippen LogP contribution in [0, 0.1) is 10.1 Å². The summed E-state index contributed by atoms with van der Waals surface area (Å²) < 4.78 is 1.65. The van der Waals surface area contributed by atoms with E-state index in [0.29, 0.717) is 16.4 Å². The summed E-state index contributed by atoms with van der Waals surface area (Å²) in [6.07, 6.45) is 0. The van der Waals surface area contributed by atoms with E-state index in [4.69, 9.17) is 0 Å². The lowest BCUT2D eigenvalue weighted by atomic mass is 10.2. The Kier molecular flexibility index (Phi) is 2.44. The third-order valence-corrected chi connectivity index (χ3v) is 2.78. The fraction of sp³-hybridized carbons (Fsp3) is 0.222. The maximum Gasteiger partial charge on any atom is 0.280 e. The van der Waals surface area contributed by atoms with E-state index < -0.39 is 0 Å². The summed E-state index contributed by atoms with van der Waals surface area (Å²) in [6.45, 7) is 0. The van der Waals surface area contributed by atoms with Crippen LogP contribution >= 0.6 is 15.9 Å². The van der Waals surface area contributed by atoms with Crippen molar-refractivity contribution < 1.29 is 4.92 Å². The monoisotopic (exact) mass is 269 g/mol. The van der Waals surface area contributed by atoms with Crippen LogP contribution in [-0.4, -0.2) is 14.7 Å². The highest BCUT2D eigenvalue weighted by Gasteiger charge is 2.18. The number of aryl methyl sites for hydroxylation is 1. The molecular formula is C9H8BrN3O2. The maximum absolute atomic E-state index is 10.8.